The summed E-state index contributed by atoms with van der Waals surface area (Å²) < 4.78 is 5.25. The lowest BCUT2D eigenvalue weighted by Gasteiger charge is -2.16. The van der Waals surface area contributed by atoms with Gasteiger partial charge in [-0.2, -0.15) is 0 Å². The Morgan fingerprint density at radius 3 is 2.67 bits per heavy atom. The maximum Gasteiger partial charge on any atom is 0.0724 e. The van der Waals surface area contributed by atoms with Crippen molar-refractivity contribution in [3.8, 4) is 0 Å². The number of nitrogens with one attached hydrogen (secondary N) is 1. The van der Waals surface area contributed by atoms with Gasteiger partial charge in [-0.05, 0) is 26.3 Å². The van der Waals surface area contributed by atoms with E-state index in [0.29, 0.717) is 12.1 Å². The number of likely N-dealkylation sites (N-methyl/N-ethyl adjacent to an activating group) is 1. The van der Waals surface area contributed by atoms with E-state index in [1.165, 1.54) is 19.3 Å². The van der Waals surface area contributed by atoms with E-state index >= 15 is 0 Å². The lowest BCUT2D eigenvalue weighted by Crippen LogP contribution is -2.33. The lowest BCUT2D eigenvalue weighted by molar-refractivity contribution is 0.0876. The predicted molar refractivity (Wildman–Crippen MR) is 37.5 cm³/mol. The highest BCUT2D eigenvalue weighted by Crippen LogP contribution is 2.20. The third kappa shape index (κ3) is 1.43. The van der Waals surface area contributed by atoms with Crippen molar-refractivity contribution in [1.82, 2.24) is 5.32 Å². The van der Waals surface area contributed by atoms with Gasteiger partial charge in [0, 0.05) is 13.2 Å². The summed E-state index contributed by atoms with van der Waals surface area (Å²) in [6, 6.07) is 0.606. The molecule has 1 N–H and O–H groups in total. The fraction of sp³-hybridized carbons (Fsp3) is 1.00. The van der Waals surface area contributed by atoms with Crippen LogP contribution in [0, 0.1) is 0 Å². The quantitative estimate of drug-likeness (QED) is 0.594. The van der Waals surface area contributed by atoms with Crippen LogP contribution >= 0.6 is 0 Å². The second kappa shape index (κ2) is 3.18. The molecular weight excluding hydrogens is 114 g/mol. The standard InChI is InChI=1S/C7H15NO/c1-8-6-4-3-5-7(6)9-2/h6-8H,3-5H2,1-2H3/t6-,7+/m1/s1. The summed E-state index contributed by atoms with van der Waals surface area (Å²) in [5.41, 5.74) is 0. The molecule has 0 aliphatic heterocycles. The molecule has 1 fully saturated rings. The number of methoxy groups -OCH3 is 1. The molecule has 1 saturated carbocycles. The maximum atomic E-state index is 5.25. The summed E-state index contributed by atoms with van der Waals surface area (Å²) in [5.74, 6) is 0. The Kier molecular flexibility index (Phi) is 2.49. The molecule has 0 aromatic carbocycles. The molecule has 2 nitrogen and oxygen atoms in total. The van der Waals surface area contributed by atoms with Gasteiger partial charge in [0.15, 0.2) is 0 Å². The Morgan fingerprint density at radius 2 is 2.22 bits per heavy atom. The molecule has 0 bridgehead atoms. The van der Waals surface area contributed by atoms with Crippen molar-refractivity contribution in [2.45, 2.75) is 31.4 Å². The van der Waals surface area contributed by atoms with Crippen molar-refractivity contribution in [2.24, 2.45) is 0 Å². The minimum atomic E-state index is 0.468. The maximum absolute atomic E-state index is 5.25. The average molecular weight is 129 g/mol. The molecular formula is C7H15NO. The molecule has 0 spiro atoms. The van der Waals surface area contributed by atoms with Crippen LogP contribution in [0.3, 0.4) is 0 Å². The van der Waals surface area contributed by atoms with E-state index in [-0.39, 0.29) is 0 Å². The number of hydrogen-bond acceptors (Lipinski definition) is 2. The molecule has 0 unspecified atom stereocenters. The van der Waals surface area contributed by atoms with Crippen LogP contribution in [0.2, 0.25) is 0 Å². The molecule has 0 radical (unpaired) electrons. The van der Waals surface area contributed by atoms with Crippen LogP contribution in [-0.4, -0.2) is 26.3 Å². The molecule has 54 valence electrons. The second-order valence-corrected chi connectivity index (χ2v) is 2.60. The first-order chi connectivity index (χ1) is 4.38. The summed E-state index contributed by atoms with van der Waals surface area (Å²) in [6.45, 7) is 0. The molecule has 0 aromatic heterocycles. The Hall–Kier alpha value is -0.0800. The van der Waals surface area contributed by atoms with Crippen LogP contribution < -0.4 is 5.32 Å². The van der Waals surface area contributed by atoms with Crippen molar-refractivity contribution in [3.05, 3.63) is 0 Å². The molecule has 0 amide bonds. The topological polar surface area (TPSA) is 21.3 Å². The monoisotopic (exact) mass is 129 g/mol. The zero-order valence-corrected chi connectivity index (χ0v) is 6.18. The largest absolute Gasteiger partial charge is 0.380 e. The second-order valence-electron chi connectivity index (χ2n) is 2.60. The predicted octanol–water partition coefficient (Wildman–Crippen LogP) is 0.773. The molecule has 1 aliphatic rings. The van der Waals surface area contributed by atoms with E-state index in [1.807, 2.05) is 7.05 Å². The summed E-state index contributed by atoms with van der Waals surface area (Å²) in [7, 11) is 3.79. The van der Waals surface area contributed by atoms with E-state index in [1.54, 1.807) is 7.11 Å². The molecule has 1 rings (SSSR count). The first-order valence-corrected chi connectivity index (χ1v) is 3.58. The van der Waals surface area contributed by atoms with E-state index in [0.717, 1.165) is 0 Å². The van der Waals surface area contributed by atoms with Gasteiger partial charge in [0.25, 0.3) is 0 Å². The average Bonchev–Trinajstić information content (AvgIpc) is 2.33. The van der Waals surface area contributed by atoms with Crippen LogP contribution in [0.4, 0.5) is 0 Å². The summed E-state index contributed by atoms with van der Waals surface area (Å²) >= 11 is 0. The third-order valence-electron chi connectivity index (χ3n) is 2.13. The zero-order chi connectivity index (χ0) is 6.69. The van der Waals surface area contributed by atoms with Crippen LogP contribution in [0.5, 0.6) is 0 Å². The van der Waals surface area contributed by atoms with Gasteiger partial charge in [-0.3, -0.25) is 0 Å². The normalized spacial score (nSPS) is 35.3. The van der Waals surface area contributed by atoms with Crippen LogP contribution in [0.1, 0.15) is 19.3 Å². The van der Waals surface area contributed by atoms with Gasteiger partial charge < -0.3 is 10.1 Å². The summed E-state index contributed by atoms with van der Waals surface area (Å²) in [6.07, 6.45) is 4.27. The molecule has 9 heavy (non-hydrogen) atoms. The number of hydrogen-bond donors (Lipinski definition) is 1. The third-order valence-corrected chi connectivity index (χ3v) is 2.13. The Balaban J connectivity index is 2.32. The Morgan fingerprint density at radius 1 is 1.44 bits per heavy atom. The van der Waals surface area contributed by atoms with Crippen molar-refractivity contribution in [3.63, 3.8) is 0 Å². The van der Waals surface area contributed by atoms with E-state index in [9.17, 15) is 0 Å². The number of rotatable bonds is 2. The highest BCUT2D eigenvalue weighted by molar-refractivity contribution is 4.82. The minimum Gasteiger partial charge on any atom is -0.380 e. The van der Waals surface area contributed by atoms with Gasteiger partial charge in [-0.15, -0.1) is 0 Å². The van der Waals surface area contributed by atoms with Gasteiger partial charge in [-0.1, -0.05) is 0 Å². The summed E-state index contributed by atoms with van der Waals surface area (Å²) in [4.78, 5) is 0. The SMILES string of the molecule is CN[C@@H]1CCC[C@@H]1OC. The van der Waals surface area contributed by atoms with E-state index in [4.69, 9.17) is 4.74 Å². The molecule has 2 heteroatoms. The van der Waals surface area contributed by atoms with Crippen molar-refractivity contribution >= 4 is 0 Å². The smallest absolute Gasteiger partial charge is 0.0724 e. The highest BCUT2D eigenvalue weighted by atomic mass is 16.5. The Bertz CT molecular complexity index is 75.0. The first-order valence-electron chi connectivity index (χ1n) is 3.58. The van der Waals surface area contributed by atoms with Crippen LogP contribution in [-0.2, 0) is 4.74 Å². The van der Waals surface area contributed by atoms with Gasteiger partial charge in [0.1, 0.15) is 0 Å². The number of ether oxygens (including phenoxy) is 1. The van der Waals surface area contributed by atoms with Crippen LogP contribution in [0.25, 0.3) is 0 Å². The van der Waals surface area contributed by atoms with E-state index in [2.05, 4.69) is 5.32 Å². The molecule has 0 heterocycles. The minimum absolute atomic E-state index is 0.468. The Labute approximate surface area is 56.6 Å². The van der Waals surface area contributed by atoms with Crippen molar-refractivity contribution in [2.75, 3.05) is 14.2 Å². The van der Waals surface area contributed by atoms with Gasteiger partial charge in [0.05, 0.1) is 6.10 Å². The summed E-state index contributed by atoms with van der Waals surface area (Å²) in [5, 5.41) is 3.24. The first kappa shape index (κ1) is 7.03. The zero-order valence-electron chi connectivity index (χ0n) is 6.18. The van der Waals surface area contributed by atoms with Gasteiger partial charge in [-0.25, -0.2) is 0 Å². The van der Waals surface area contributed by atoms with Crippen molar-refractivity contribution in [1.29, 1.82) is 0 Å². The van der Waals surface area contributed by atoms with Crippen LogP contribution in [0.15, 0.2) is 0 Å². The fourth-order valence-corrected chi connectivity index (χ4v) is 1.54. The van der Waals surface area contributed by atoms with E-state index < -0.39 is 0 Å². The van der Waals surface area contributed by atoms with Gasteiger partial charge in [0.2, 0.25) is 0 Å². The fourth-order valence-electron chi connectivity index (χ4n) is 1.54. The molecule has 2 atom stereocenters. The lowest BCUT2D eigenvalue weighted by atomic mass is 10.2. The van der Waals surface area contributed by atoms with Gasteiger partial charge >= 0.3 is 0 Å². The van der Waals surface area contributed by atoms with Crippen molar-refractivity contribution < 1.29 is 4.74 Å². The molecule has 1 aliphatic carbocycles. The highest BCUT2D eigenvalue weighted by Gasteiger charge is 2.24. The molecule has 0 aromatic rings. The molecule has 0 saturated heterocycles.